The number of anilines is 1. The van der Waals surface area contributed by atoms with Crippen LogP contribution in [-0.2, 0) is 10.0 Å². The normalized spacial score (nSPS) is 11.0. The van der Waals surface area contributed by atoms with Crippen molar-refractivity contribution in [3.8, 4) is 0 Å². The van der Waals surface area contributed by atoms with Gasteiger partial charge in [-0.05, 0) is 42.5 Å². The Bertz CT molecular complexity index is 807. The van der Waals surface area contributed by atoms with Crippen molar-refractivity contribution in [2.75, 3.05) is 11.8 Å². The van der Waals surface area contributed by atoms with Crippen LogP contribution in [0.15, 0.2) is 47.4 Å². The standard InChI is InChI=1S/C14H12ClFN2O3S/c1-17-14(19)9-2-5-11(6-3-9)22(20,21)18-13-7-4-10(15)8-12(13)16/h2-8,18H,1H3,(H,17,19). The van der Waals surface area contributed by atoms with Crippen molar-refractivity contribution in [1.82, 2.24) is 5.32 Å². The highest BCUT2D eigenvalue weighted by Crippen LogP contribution is 2.22. The first-order chi connectivity index (χ1) is 10.3. The molecular formula is C14H12ClFN2O3S. The van der Waals surface area contributed by atoms with Gasteiger partial charge in [-0.3, -0.25) is 9.52 Å². The van der Waals surface area contributed by atoms with E-state index < -0.39 is 15.8 Å². The van der Waals surface area contributed by atoms with Gasteiger partial charge in [0.05, 0.1) is 10.6 Å². The number of carbonyl (C=O) groups is 1. The third-order valence-corrected chi connectivity index (χ3v) is 4.45. The Hall–Kier alpha value is -2.12. The average molecular weight is 343 g/mol. The number of hydrogen-bond donors (Lipinski definition) is 2. The Morgan fingerprint density at radius 2 is 1.77 bits per heavy atom. The lowest BCUT2D eigenvalue weighted by molar-refractivity contribution is 0.0963. The zero-order valence-electron chi connectivity index (χ0n) is 11.4. The predicted octanol–water partition coefficient (Wildman–Crippen LogP) is 2.64. The lowest BCUT2D eigenvalue weighted by Crippen LogP contribution is -2.18. The summed E-state index contributed by atoms with van der Waals surface area (Å²) in [6, 6.07) is 8.87. The fourth-order valence-electron chi connectivity index (χ4n) is 1.71. The van der Waals surface area contributed by atoms with Crippen molar-refractivity contribution in [2.45, 2.75) is 4.90 Å². The van der Waals surface area contributed by atoms with E-state index in [0.29, 0.717) is 5.56 Å². The molecule has 0 aliphatic carbocycles. The van der Waals surface area contributed by atoms with Crippen molar-refractivity contribution in [1.29, 1.82) is 0 Å². The summed E-state index contributed by atoms with van der Waals surface area (Å²) in [5.41, 5.74) is 0.110. The first-order valence-electron chi connectivity index (χ1n) is 6.13. The Morgan fingerprint density at radius 1 is 1.14 bits per heavy atom. The predicted molar refractivity (Wildman–Crippen MR) is 82.1 cm³/mol. The Kier molecular flexibility index (Phi) is 4.68. The first-order valence-corrected chi connectivity index (χ1v) is 7.99. The van der Waals surface area contributed by atoms with Gasteiger partial charge in [0.1, 0.15) is 5.82 Å². The molecule has 0 aromatic heterocycles. The van der Waals surface area contributed by atoms with Gasteiger partial charge >= 0.3 is 0 Å². The van der Waals surface area contributed by atoms with Gasteiger partial charge in [0, 0.05) is 17.6 Å². The van der Waals surface area contributed by atoms with Crippen LogP contribution in [0.3, 0.4) is 0 Å². The van der Waals surface area contributed by atoms with Gasteiger partial charge in [0.2, 0.25) is 0 Å². The third-order valence-electron chi connectivity index (χ3n) is 2.83. The number of nitrogens with one attached hydrogen (secondary N) is 2. The largest absolute Gasteiger partial charge is 0.355 e. The zero-order valence-corrected chi connectivity index (χ0v) is 13.0. The second-order valence-electron chi connectivity index (χ2n) is 4.33. The molecule has 1 amide bonds. The molecule has 0 saturated carbocycles. The van der Waals surface area contributed by atoms with Gasteiger partial charge in [-0.1, -0.05) is 11.6 Å². The van der Waals surface area contributed by atoms with E-state index in [1.807, 2.05) is 0 Å². The fourth-order valence-corrected chi connectivity index (χ4v) is 2.93. The molecule has 0 atom stereocenters. The fraction of sp³-hybridized carbons (Fsp3) is 0.0714. The Morgan fingerprint density at radius 3 is 2.32 bits per heavy atom. The second kappa shape index (κ2) is 6.33. The summed E-state index contributed by atoms with van der Waals surface area (Å²) in [7, 11) is -2.49. The minimum Gasteiger partial charge on any atom is -0.355 e. The van der Waals surface area contributed by atoms with Crippen molar-refractivity contribution in [2.24, 2.45) is 0 Å². The minimum atomic E-state index is -3.96. The SMILES string of the molecule is CNC(=O)c1ccc(S(=O)(=O)Nc2ccc(Cl)cc2F)cc1. The number of hydrogen-bond acceptors (Lipinski definition) is 3. The summed E-state index contributed by atoms with van der Waals surface area (Å²) in [6.07, 6.45) is 0. The maximum absolute atomic E-state index is 13.6. The smallest absolute Gasteiger partial charge is 0.261 e. The molecular weight excluding hydrogens is 331 g/mol. The molecule has 8 heteroatoms. The van der Waals surface area contributed by atoms with E-state index in [1.165, 1.54) is 43.4 Å². The van der Waals surface area contributed by atoms with Gasteiger partial charge in [0.15, 0.2) is 0 Å². The van der Waals surface area contributed by atoms with Crippen LogP contribution in [0.25, 0.3) is 0 Å². The summed E-state index contributed by atoms with van der Waals surface area (Å²) in [5.74, 6) is -1.11. The summed E-state index contributed by atoms with van der Waals surface area (Å²) in [6.45, 7) is 0. The number of benzene rings is 2. The minimum absolute atomic E-state index is 0.0884. The van der Waals surface area contributed by atoms with E-state index in [9.17, 15) is 17.6 Å². The van der Waals surface area contributed by atoms with Gasteiger partial charge in [-0.15, -0.1) is 0 Å². The molecule has 0 saturated heterocycles. The molecule has 0 bridgehead atoms. The molecule has 22 heavy (non-hydrogen) atoms. The van der Waals surface area contributed by atoms with E-state index in [0.717, 1.165) is 6.07 Å². The highest BCUT2D eigenvalue weighted by molar-refractivity contribution is 7.92. The lowest BCUT2D eigenvalue weighted by atomic mass is 10.2. The van der Waals surface area contributed by atoms with Crippen LogP contribution in [0.4, 0.5) is 10.1 Å². The molecule has 2 aromatic carbocycles. The van der Waals surface area contributed by atoms with Gasteiger partial charge < -0.3 is 5.32 Å². The van der Waals surface area contributed by atoms with Crippen LogP contribution in [0, 0.1) is 5.82 Å². The first kappa shape index (κ1) is 16.3. The van der Waals surface area contributed by atoms with Crippen LogP contribution in [0.5, 0.6) is 0 Å². The molecule has 0 unspecified atom stereocenters. The van der Waals surface area contributed by atoms with Gasteiger partial charge in [0.25, 0.3) is 15.9 Å². The molecule has 2 aromatic rings. The Labute approximate surface area is 132 Å². The second-order valence-corrected chi connectivity index (χ2v) is 6.45. The zero-order chi connectivity index (χ0) is 16.3. The monoisotopic (exact) mass is 342 g/mol. The molecule has 2 N–H and O–H groups in total. The summed E-state index contributed by atoms with van der Waals surface area (Å²) < 4.78 is 40.1. The number of halogens is 2. The lowest BCUT2D eigenvalue weighted by Gasteiger charge is -2.09. The Balaban J connectivity index is 2.28. The summed E-state index contributed by atoms with van der Waals surface area (Å²) >= 11 is 5.61. The molecule has 5 nitrogen and oxygen atoms in total. The molecule has 0 aliphatic heterocycles. The maximum atomic E-state index is 13.6. The molecule has 0 aliphatic rings. The molecule has 2 rings (SSSR count). The van der Waals surface area contributed by atoms with Crippen molar-refractivity contribution in [3.05, 3.63) is 58.9 Å². The van der Waals surface area contributed by atoms with Crippen molar-refractivity contribution in [3.63, 3.8) is 0 Å². The maximum Gasteiger partial charge on any atom is 0.261 e. The van der Waals surface area contributed by atoms with E-state index in [2.05, 4.69) is 10.0 Å². The van der Waals surface area contributed by atoms with Crippen LogP contribution < -0.4 is 10.0 Å². The quantitative estimate of drug-likeness (QED) is 0.897. The van der Waals surface area contributed by atoms with Crippen LogP contribution in [0.2, 0.25) is 5.02 Å². The van der Waals surface area contributed by atoms with Crippen LogP contribution in [0.1, 0.15) is 10.4 Å². The highest BCUT2D eigenvalue weighted by atomic mass is 35.5. The molecule has 0 heterocycles. The van der Waals surface area contributed by atoms with E-state index >= 15 is 0 Å². The average Bonchev–Trinajstić information content (AvgIpc) is 2.49. The number of sulfonamides is 1. The van der Waals surface area contributed by atoms with Crippen LogP contribution in [-0.4, -0.2) is 21.4 Å². The van der Waals surface area contributed by atoms with Gasteiger partial charge in [-0.25, -0.2) is 12.8 Å². The number of rotatable bonds is 4. The van der Waals surface area contributed by atoms with Gasteiger partial charge in [-0.2, -0.15) is 0 Å². The highest BCUT2D eigenvalue weighted by Gasteiger charge is 2.17. The molecule has 0 spiro atoms. The third kappa shape index (κ3) is 3.55. The molecule has 0 fully saturated rings. The summed E-state index contributed by atoms with van der Waals surface area (Å²) in [4.78, 5) is 11.3. The van der Waals surface area contributed by atoms with Crippen molar-refractivity contribution < 1.29 is 17.6 Å². The van der Waals surface area contributed by atoms with E-state index in [-0.39, 0.29) is 21.5 Å². The van der Waals surface area contributed by atoms with Crippen LogP contribution >= 0.6 is 11.6 Å². The van der Waals surface area contributed by atoms with E-state index in [4.69, 9.17) is 11.6 Å². The molecule has 0 radical (unpaired) electrons. The molecule has 116 valence electrons. The van der Waals surface area contributed by atoms with Crippen molar-refractivity contribution >= 4 is 33.2 Å². The topological polar surface area (TPSA) is 75.3 Å². The number of amides is 1. The summed E-state index contributed by atoms with van der Waals surface area (Å²) in [5, 5.41) is 2.59. The number of carbonyl (C=O) groups excluding carboxylic acids is 1. The van der Waals surface area contributed by atoms with E-state index in [1.54, 1.807) is 0 Å².